The summed E-state index contributed by atoms with van der Waals surface area (Å²) in [5.74, 6) is 0.643. The van der Waals surface area contributed by atoms with Gasteiger partial charge in [-0.15, -0.1) is 0 Å². The van der Waals surface area contributed by atoms with Crippen LogP contribution in [-0.2, 0) is 13.5 Å². The maximum absolute atomic E-state index is 11.9. The molecule has 0 aliphatic carbocycles. The van der Waals surface area contributed by atoms with Gasteiger partial charge in [0.25, 0.3) is 5.91 Å². The summed E-state index contributed by atoms with van der Waals surface area (Å²) < 4.78 is 1.91. The molecule has 0 unspecified atom stereocenters. The lowest BCUT2D eigenvalue weighted by atomic mass is 10.1. The van der Waals surface area contributed by atoms with Gasteiger partial charge < -0.3 is 15.0 Å². The molecule has 0 bridgehead atoms. The molecule has 1 aromatic carbocycles. The highest BCUT2D eigenvalue weighted by Gasteiger charge is 2.10. The summed E-state index contributed by atoms with van der Waals surface area (Å²) in [5, 5.41) is 12.4. The number of hydrogen-bond acceptors (Lipinski definition) is 3. The third-order valence-corrected chi connectivity index (χ3v) is 2.95. The van der Waals surface area contributed by atoms with Crippen LogP contribution in [0.3, 0.4) is 0 Å². The number of phenols is 1. The number of aromatic hydroxyl groups is 1. The van der Waals surface area contributed by atoms with E-state index < -0.39 is 0 Å². The molecule has 0 atom stereocenters. The second-order valence-corrected chi connectivity index (χ2v) is 4.48. The van der Waals surface area contributed by atoms with Crippen LogP contribution in [0.5, 0.6) is 5.75 Å². The Bertz CT molecular complexity index is 590. The molecule has 1 amide bonds. The van der Waals surface area contributed by atoms with Crippen molar-refractivity contribution in [2.75, 3.05) is 6.54 Å². The Labute approximate surface area is 111 Å². The SMILES string of the molecule is Cc1ccc(O)c(C(=O)NCCc2nccn2C)c1. The molecular formula is C14H17N3O2. The van der Waals surface area contributed by atoms with Crippen LogP contribution in [-0.4, -0.2) is 27.1 Å². The number of rotatable bonds is 4. The van der Waals surface area contributed by atoms with Gasteiger partial charge in [-0.05, 0) is 19.1 Å². The van der Waals surface area contributed by atoms with Gasteiger partial charge in [-0.3, -0.25) is 4.79 Å². The predicted octanol–water partition coefficient (Wildman–Crippen LogP) is 1.41. The number of hydrogen-bond donors (Lipinski definition) is 2. The lowest BCUT2D eigenvalue weighted by Gasteiger charge is -2.07. The predicted molar refractivity (Wildman–Crippen MR) is 72.1 cm³/mol. The topological polar surface area (TPSA) is 67.2 Å². The zero-order chi connectivity index (χ0) is 13.8. The molecule has 5 nitrogen and oxygen atoms in total. The van der Waals surface area contributed by atoms with Crippen LogP contribution in [0, 0.1) is 6.92 Å². The summed E-state index contributed by atoms with van der Waals surface area (Å²) in [5.41, 5.74) is 1.24. The van der Waals surface area contributed by atoms with Crippen molar-refractivity contribution in [3.8, 4) is 5.75 Å². The van der Waals surface area contributed by atoms with E-state index in [9.17, 15) is 9.90 Å². The standard InChI is InChI=1S/C14H17N3O2/c1-10-3-4-12(18)11(9-10)14(19)16-6-5-13-15-7-8-17(13)2/h3-4,7-9,18H,5-6H2,1-2H3,(H,16,19). The summed E-state index contributed by atoms with van der Waals surface area (Å²) in [6.45, 7) is 2.36. The monoisotopic (exact) mass is 259 g/mol. The van der Waals surface area contributed by atoms with Crippen LogP contribution in [0.4, 0.5) is 0 Å². The van der Waals surface area contributed by atoms with Crippen LogP contribution >= 0.6 is 0 Å². The van der Waals surface area contributed by atoms with Gasteiger partial charge in [0.05, 0.1) is 5.56 Å². The van der Waals surface area contributed by atoms with Crippen molar-refractivity contribution in [1.82, 2.24) is 14.9 Å². The molecule has 0 spiro atoms. The van der Waals surface area contributed by atoms with E-state index in [2.05, 4.69) is 10.3 Å². The molecule has 2 N–H and O–H groups in total. The molecule has 1 aromatic heterocycles. The van der Waals surface area contributed by atoms with Crippen LogP contribution in [0.1, 0.15) is 21.7 Å². The average Bonchev–Trinajstić information content (AvgIpc) is 2.78. The van der Waals surface area contributed by atoms with Crippen molar-refractivity contribution < 1.29 is 9.90 Å². The van der Waals surface area contributed by atoms with E-state index in [0.29, 0.717) is 18.5 Å². The van der Waals surface area contributed by atoms with Crippen molar-refractivity contribution in [2.45, 2.75) is 13.3 Å². The normalized spacial score (nSPS) is 10.4. The fraction of sp³-hybridized carbons (Fsp3) is 0.286. The zero-order valence-electron chi connectivity index (χ0n) is 11.1. The number of carbonyl (C=O) groups excluding carboxylic acids is 1. The van der Waals surface area contributed by atoms with Gasteiger partial charge in [0.15, 0.2) is 0 Å². The fourth-order valence-electron chi connectivity index (χ4n) is 1.85. The summed E-state index contributed by atoms with van der Waals surface area (Å²) in [6, 6.07) is 4.97. The number of phenolic OH excluding ortho intramolecular Hbond substituents is 1. The van der Waals surface area contributed by atoms with E-state index in [-0.39, 0.29) is 11.7 Å². The van der Waals surface area contributed by atoms with Crippen LogP contribution < -0.4 is 5.32 Å². The van der Waals surface area contributed by atoms with Crippen molar-refractivity contribution in [3.05, 3.63) is 47.5 Å². The van der Waals surface area contributed by atoms with E-state index in [4.69, 9.17) is 0 Å². The minimum Gasteiger partial charge on any atom is -0.507 e. The van der Waals surface area contributed by atoms with Gasteiger partial charge in [-0.2, -0.15) is 0 Å². The van der Waals surface area contributed by atoms with Crippen molar-refractivity contribution in [1.29, 1.82) is 0 Å². The van der Waals surface area contributed by atoms with E-state index >= 15 is 0 Å². The Hall–Kier alpha value is -2.30. The quantitative estimate of drug-likeness (QED) is 0.872. The van der Waals surface area contributed by atoms with Crippen LogP contribution in [0.25, 0.3) is 0 Å². The number of carbonyl (C=O) groups is 1. The molecule has 0 saturated carbocycles. The number of amides is 1. The largest absolute Gasteiger partial charge is 0.507 e. The number of imidazole rings is 1. The Morgan fingerprint density at radius 1 is 1.47 bits per heavy atom. The highest BCUT2D eigenvalue weighted by atomic mass is 16.3. The van der Waals surface area contributed by atoms with Gasteiger partial charge in [0.1, 0.15) is 11.6 Å². The first kappa shape index (κ1) is 13.1. The maximum Gasteiger partial charge on any atom is 0.255 e. The Morgan fingerprint density at radius 3 is 2.95 bits per heavy atom. The van der Waals surface area contributed by atoms with E-state index in [1.165, 1.54) is 6.07 Å². The van der Waals surface area contributed by atoms with E-state index in [0.717, 1.165) is 11.4 Å². The van der Waals surface area contributed by atoms with Crippen molar-refractivity contribution in [2.24, 2.45) is 7.05 Å². The summed E-state index contributed by atoms with van der Waals surface area (Å²) in [4.78, 5) is 16.1. The molecule has 0 radical (unpaired) electrons. The summed E-state index contributed by atoms with van der Waals surface area (Å²) in [6.07, 6.45) is 4.24. The lowest BCUT2D eigenvalue weighted by molar-refractivity contribution is 0.0951. The van der Waals surface area contributed by atoms with E-state index in [1.54, 1.807) is 18.3 Å². The van der Waals surface area contributed by atoms with Crippen LogP contribution in [0.2, 0.25) is 0 Å². The highest BCUT2D eigenvalue weighted by Crippen LogP contribution is 2.17. The number of aromatic nitrogens is 2. The molecule has 1 heterocycles. The molecule has 0 aliphatic heterocycles. The van der Waals surface area contributed by atoms with Gasteiger partial charge >= 0.3 is 0 Å². The molecule has 100 valence electrons. The number of benzene rings is 1. The van der Waals surface area contributed by atoms with Crippen LogP contribution in [0.15, 0.2) is 30.6 Å². The molecule has 0 fully saturated rings. The third-order valence-electron chi connectivity index (χ3n) is 2.95. The third kappa shape index (κ3) is 3.13. The van der Waals surface area contributed by atoms with Gasteiger partial charge in [0.2, 0.25) is 0 Å². The summed E-state index contributed by atoms with van der Waals surface area (Å²) >= 11 is 0. The average molecular weight is 259 g/mol. The molecule has 2 rings (SSSR count). The number of nitrogens with zero attached hydrogens (tertiary/aromatic N) is 2. The first-order valence-corrected chi connectivity index (χ1v) is 6.12. The Balaban J connectivity index is 1.94. The number of nitrogens with one attached hydrogen (secondary N) is 1. The first-order valence-electron chi connectivity index (χ1n) is 6.12. The molecular weight excluding hydrogens is 242 g/mol. The molecule has 0 aliphatic rings. The Kier molecular flexibility index (Phi) is 3.85. The molecule has 2 aromatic rings. The van der Waals surface area contributed by atoms with Crippen molar-refractivity contribution >= 4 is 5.91 Å². The second-order valence-electron chi connectivity index (χ2n) is 4.48. The molecule has 19 heavy (non-hydrogen) atoms. The smallest absolute Gasteiger partial charge is 0.255 e. The second kappa shape index (κ2) is 5.56. The van der Waals surface area contributed by atoms with E-state index in [1.807, 2.05) is 24.7 Å². The maximum atomic E-state index is 11.9. The van der Waals surface area contributed by atoms with Crippen molar-refractivity contribution in [3.63, 3.8) is 0 Å². The van der Waals surface area contributed by atoms with Gasteiger partial charge in [0, 0.05) is 32.4 Å². The molecule has 5 heteroatoms. The minimum atomic E-state index is -0.268. The van der Waals surface area contributed by atoms with Gasteiger partial charge in [-0.1, -0.05) is 11.6 Å². The highest BCUT2D eigenvalue weighted by molar-refractivity contribution is 5.96. The summed E-state index contributed by atoms with van der Waals surface area (Å²) in [7, 11) is 1.91. The Morgan fingerprint density at radius 2 is 2.26 bits per heavy atom. The number of aryl methyl sites for hydroxylation is 2. The first-order chi connectivity index (χ1) is 9.08. The fourth-order valence-corrected chi connectivity index (χ4v) is 1.85. The lowest BCUT2D eigenvalue weighted by Crippen LogP contribution is -2.26. The molecule has 0 saturated heterocycles. The minimum absolute atomic E-state index is 0.0000849. The zero-order valence-corrected chi connectivity index (χ0v) is 11.1. The van der Waals surface area contributed by atoms with Gasteiger partial charge in [-0.25, -0.2) is 4.98 Å².